The lowest BCUT2D eigenvalue weighted by atomic mass is 9.98. The van der Waals surface area contributed by atoms with Crippen LogP contribution in [0.2, 0.25) is 0 Å². The lowest BCUT2D eigenvalue weighted by Gasteiger charge is -2.32. The van der Waals surface area contributed by atoms with Crippen molar-refractivity contribution in [1.82, 2.24) is 9.88 Å². The molecular formula is C22H23N3O3S2. The van der Waals surface area contributed by atoms with E-state index in [9.17, 15) is 13.2 Å². The summed E-state index contributed by atoms with van der Waals surface area (Å²) in [4.78, 5) is 19.9. The van der Waals surface area contributed by atoms with Gasteiger partial charge in [0.05, 0.1) is 26.7 Å². The Bertz CT molecular complexity index is 1170. The number of para-hydroxylation sites is 1. The van der Waals surface area contributed by atoms with Gasteiger partial charge < -0.3 is 4.90 Å². The fraction of sp³-hybridized carbons (Fsp3) is 0.364. The normalized spacial score (nSPS) is 21.3. The second-order valence-corrected chi connectivity index (χ2v) is 11.0. The van der Waals surface area contributed by atoms with Crippen LogP contribution in [-0.4, -0.2) is 49.6 Å². The standard InChI is InChI=1S/C22H23N3O3S2/c26-22(16-6-3-8-18(14-16)25-12-5-13-30(25,27)28)24-11-4-7-17(15-24)21-23-19-9-1-2-10-20(19)29-21/h1-3,6,8-10,14,17H,4-5,7,11-13,15H2/t17-/m1/s1. The first-order chi connectivity index (χ1) is 14.5. The molecule has 2 aliphatic rings. The Morgan fingerprint density at radius 2 is 1.93 bits per heavy atom. The number of hydrogen-bond donors (Lipinski definition) is 0. The number of carbonyl (C=O) groups excluding carboxylic acids is 1. The van der Waals surface area contributed by atoms with Gasteiger partial charge in [0.2, 0.25) is 10.0 Å². The molecule has 2 aliphatic heterocycles. The van der Waals surface area contributed by atoms with E-state index in [1.54, 1.807) is 35.6 Å². The molecule has 156 valence electrons. The van der Waals surface area contributed by atoms with Gasteiger partial charge >= 0.3 is 0 Å². The summed E-state index contributed by atoms with van der Waals surface area (Å²) < 4.78 is 27.1. The topological polar surface area (TPSA) is 70.6 Å². The molecule has 3 aromatic rings. The number of anilines is 1. The summed E-state index contributed by atoms with van der Waals surface area (Å²) in [5.41, 5.74) is 2.14. The summed E-state index contributed by atoms with van der Waals surface area (Å²) in [6, 6.07) is 15.2. The molecule has 1 amide bonds. The van der Waals surface area contributed by atoms with Crippen molar-refractivity contribution in [3.05, 3.63) is 59.1 Å². The molecule has 2 aromatic carbocycles. The largest absolute Gasteiger partial charge is 0.338 e. The molecule has 3 heterocycles. The first-order valence-electron chi connectivity index (χ1n) is 10.3. The monoisotopic (exact) mass is 441 g/mol. The lowest BCUT2D eigenvalue weighted by molar-refractivity contribution is 0.0707. The number of nitrogens with zero attached hydrogens (tertiary/aromatic N) is 3. The van der Waals surface area contributed by atoms with Crippen molar-refractivity contribution in [2.24, 2.45) is 0 Å². The minimum atomic E-state index is -3.26. The second-order valence-electron chi connectivity index (χ2n) is 7.90. The van der Waals surface area contributed by atoms with Crippen molar-refractivity contribution in [3.8, 4) is 0 Å². The van der Waals surface area contributed by atoms with E-state index in [0.29, 0.717) is 37.3 Å². The summed E-state index contributed by atoms with van der Waals surface area (Å²) in [6.07, 6.45) is 2.58. The second kappa shape index (κ2) is 7.67. The molecular weight excluding hydrogens is 418 g/mol. The number of sulfonamides is 1. The van der Waals surface area contributed by atoms with Crippen molar-refractivity contribution in [2.75, 3.05) is 29.7 Å². The van der Waals surface area contributed by atoms with Gasteiger partial charge in [-0.3, -0.25) is 9.10 Å². The van der Waals surface area contributed by atoms with Crippen LogP contribution in [0.4, 0.5) is 5.69 Å². The van der Waals surface area contributed by atoms with Gasteiger partial charge in [0.25, 0.3) is 5.91 Å². The Morgan fingerprint density at radius 3 is 2.73 bits per heavy atom. The molecule has 8 heteroatoms. The van der Waals surface area contributed by atoms with Crippen molar-refractivity contribution in [2.45, 2.75) is 25.2 Å². The number of piperidine rings is 1. The summed E-state index contributed by atoms with van der Waals surface area (Å²) in [6.45, 7) is 1.83. The van der Waals surface area contributed by atoms with Gasteiger partial charge in [-0.05, 0) is 49.6 Å². The highest BCUT2D eigenvalue weighted by atomic mass is 32.2. The predicted molar refractivity (Wildman–Crippen MR) is 120 cm³/mol. The predicted octanol–water partition coefficient (Wildman–Crippen LogP) is 3.86. The molecule has 2 fully saturated rings. The van der Waals surface area contributed by atoms with Gasteiger partial charge in [-0.2, -0.15) is 0 Å². The zero-order chi connectivity index (χ0) is 20.7. The number of benzene rings is 2. The SMILES string of the molecule is O=C(c1cccc(N2CCCS2(=O)=O)c1)N1CCC[C@@H](c2nc3ccccc3s2)C1. The van der Waals surface area contributed by atoms with E-state index in [1.165, 1.54) is 9.01 Å². The summed E-state index contributed by atoms with van der Waals surface area (Å²) >= 11 is 1.71. The summed E-state index contributed by atoms with van der Waals surface area (Å²) in [7, 11) is -3.26. The van der Waals surface area contributed by atoms with E-state index in [0.717, 1.165) is 23.4 Å². The number of thiazole rings is 1. The molecule has 0 spiro atoms. The van der Waals surface area contributed by atoms with Crippen LogP contribution >= 0.6 is 11.3 Å². The van der Waals surface area contributed by atoms with Gasteiger partial charge in [0.15, 0.2) is 0 Å². The number of aromatic nitrogens is 1. The van der Waals surface area contributed by atoms with Crippen LogP contribution in [0, 0.1) is 0 Å². The highest BCUT2D eigenvalue weighted by molar-refractivity contribution is 7.93. The Hall–Kier alpha value is -2.45. The lowest BCUT2D eigenvalue weighted by Crippen LogP contribution is -2.39. The number of amides is 1. The zero-order valence-corrected chi connectivity index (χ0v) is 18.2. The molecule has 0 saturated carbocycles. The van der Waals surface area contributed by atoms with Gasteiger partial charge in [-0.25, -0.2) is 13.4 Å². The van der Waals surface area contributed by atoms with E-state index < -0.39 is 10.0 Å². The smallest absolute Gasteiger partial charge is 0.253 e. The van der Waals surface area contributed by atoms with Crippen molar-refractivity contribution in [1.29, 1.82) is 0 Å². The molecule has 0 radical (unpaired) electrons. The summed E-state index contributed by atoms with van der Waals surface area (Å²) in [5.74, 6) is 0.364. The Kier molecular flexibility index (Phi) is 4.99. The highest BCUT2D eigenvalue weighted by Crippen LogP contribution is 2.33. The van der Waals surface area contributed by atoms with Crippen LogP contribution in [0.1, 0.15) is 40.5 Å². The Balaban J connectivity index is 1.36. The van der Waals surface area contributed by atoms with E-state index in [4.69, 9.17) is 4.98 Å². The molecule has 5 rings (SSSR count). The van der Waals surface area contributed by atoms with E-state index in [2.05, 4.69) is 6.07 Å². The molecule has 1 aromatic heterocycles. The first kappa shape index (κ1) is 19.5. The van der Waals surface area contributed by atoms with Crippen LogP contribution in [0.3, 0.4) is 0 Å². The van der Waals surface area contributed by atoms with E-state index in [-0.39, 0.29) is 17.6 Å². The van der Waals surface area contributed by atoms with Gasteiger partial charge in [0, 0.05) is 31.1 Å². The maximum atomic E-state index is 13.2. The highest BCUT2D eigenvalue weighted by Gasteiger charge is 2.30. The number of carbonyl (C=O) groups is 1. The third-order valence-electron chi connectivity index (χ3n) is 5.85. The van der Waals surface area contributed by atoms with Crippen LogP contribution in [-0.2, 0) is 10.0 Å². The molecule has 0 unspecified atom stereocenters. The van der Waals surface area contributed by atoms with Crippen LogP contribution in [0.25, 0.3) is 10.2 Å². The zero-order valence-electron chi connectivity index (χ0n) is 16.5. The van der Waals surface area contributed by atoms with Crippen molar-refractivity contribution in [3.63, 3.8) is 0 Å². The summed E-state index contributed by atoms with van der Waals surface area (Å²) in [5, 5.41) is 1.09. The van der Waals surface area contributed by atoms with Crippen LogP contribution < -0.4 is 4.31 Å². The number of fused-ring (bicyclic) bond motifs is 1. The average Bonchev–Trinajstić information content (AvgIpc) is 3.36. The maximum Gasteiger partial charge on any atom is 0.253 e. The van der Waals surface area contributed by atoms with Crippen LogP contribution in [0.5, 0.6) is 0 Å². The molecule has 0 N–H and O–H groups in total. The van der Waals surface area contributed by atoms with E-state index in [1.807, 2.05) is 23.1 Å². The van der Waals surface area contributed by atoms with E-state index >= 15 is 0 Å². The van der Waals surface area contributed by atoms with Gasteiger partial charge in [-0.1, -0.05) is 18.2 Å². The van der Waals surface area contributed by atoms with Crippen LogP contribution in [0.15, 0.2) is 48.5 Å². The molecule has 1 atom stereocenters. The molecule has 0 bridgehead atoms. The molecule has 6 nitrogen and oxygen atoms in total. The van der Waals surface area contributed by atoms with Gasteiger partial charge in [-0.15, -0.1) is 11.3 Å². The third-order valence-corrected chi connectivity index (χ3v) is 8.92. The quantitative estimate of drug-likeness (QED) is 0.619. The maximum absolute atomic E-state index is 13.2. The molecule has 0 aliphatic carbocycles. The number of rotatable bonds is 3. The first-order valence-corrected chi connectivity index (χ1v) is 12.7. The minimum Gasteiger partial charge on any atom is -0.338 e. The molecule has 2 saturated heterocycles. The van der Waals surface area contributed by atoms with Crippen molar-refractivity contribution >= 4 is 43.2 Å². The Labute approximate surface area is 180 Å². The number of hydrogen-bond acceptors (Lipinski definition) is 5. The molecule has 30 heavy (non-hydrogen) atoms. The number of likely N-dealkylation sites (tertiary alicyclic amines) is 1. The fourth-order valence-electron chi connectivity index (χ4n) is 4.33. The third kappa shape index (κ3) is 3.58. The van der Waals surface area contributed by atoms with Crippen molar-refractivity contribution < 1.29 is 13.2 Å². The average molecular weight is 442 g/mol. The Morgan fingerprint density at radius 1 is 1.07 bits per heavy atom. The minimum absolute atomic E-state index is 0.0424. The fourth-order valence-corrected chi connectivity index (χ4v) is 6.98. The van der Waals surface area contributed by atoms with Gasteiger partial charge in [0.1, 0.15) is 0 Å².